The van der Waals surface area contributed by atoms with Gasteiger partial charge in [0.25, 0.3) is 0 Å². The quantitative estimate of drug-likeness (QED) is 0.855. The Labute approximate surface area is 129 Å². The third-order valence-electron chi connectivity index (χ3n) is 3.37. The summed E-state index contributed by atoms with van der Waals surface area (Å²) in [6.07, 6.45) is 0.741. The highest BCUT2D eigenvalue weighted by Gasteiger charge is 2.23. The molecule has 0 aromatic heterocycles. The van der Waals surface area contributed by atoms with E-state index in [1.807, 2.05) is 6.92 Å². The van der Waals surface area contributed by atoms with E-state index in [1.54, 1.807) is 0 Å². The fourth-order valence-corrected chi connectivity index (χ4v) is 2.47. The normalized spacial score (nSPS) is 17.0. The minimum atomic E-state index is -1.39. The summed E-state index contributed by atoms with van der Waals surface area (Å²) < 4.78 is 39.5. The van der Waals surface area contributed by atoms with Gasteiger partial charge in [0.05, 0.1) is 0 Å². The van der Waals surface area contributed by atoms with Crippen LogP contribution in [0.25, 0.3) is 0 Å². The second-order valence-electron chi connectivity index (χ2n) is 4.51. The van der Waals surface area contributed by atoms with Crippen molar-refractivity contribution in [1.82, 2.24) is 10.2 Å². The zero-order valence-corrected chi connectivity index (χ0v) is 12.8. The van der Waals surface area contributed by atoms with Gasteiger partial charge < -0.3 is 5.32 Å². The molecule has 1 N–H and O–H groups in total. The summed E-state index contributed by atoms with van der Waals surface area (Å²) in [6, 6.07) is 2.15. The van der Waals surface area contributed by atoms with Crippen LogP contribution in [0.1, 0.15) is 24.9 Å². The Morgan fingerprint density at radius 3 is 2.05 bits per heavy atom. The Balaban J connectivity index is 0.00000180. The fraction of sp³-hybridized carbons (Fsp3) is 0.538. The largest absolute Gasteiger partial charge is 0.314 e. The molecule has 1 heterocycles. The van der Waals surface area contributed by atoms with Crippen LogP contribution in [0.4, 0.5) is 13.2 Å². The van der Waals surface area contributed by atoms with Crippen LogP contribution in [0.3, 0.4) is 0 Å². The van der Waals surface area contributed by atoms with Crippen molar-refractivity contribution in [3.63, 3.8) is 0 Å². The van der Waals surface area contributed by atoms with E-state index in [1.165, 1.54) is 0 Å². The van der Waals surface area contributed by atoms with Crippen LogP contribution in [0.5, 0.6) is 0 Å². The Morgan fingerprint density at radius 1 is 1.10 bits per heavy atom. The maximum Gasteiger partial charge on any atom is 0.194 e. The zero-order valence-electron chi connectivity index (χ0n) is 11.2. The summed E-state index contributed by atoms with van der Waals surface area (Å²) in [5, 5.41) is 3.23. The van der Waals surface area contributed by atoms with Crippen LogP contribution in [-0.2, 0) is 0 Å². The summed E-state index contributed by atoms with van der Waals surface area (Å²) in [5.41, 5.74) is 0.510. The van der Waals surface area contributed by atoms with Gasteiger partial charge in [0.2, 0.25) is 0 Å². The van der Waals surface area contributed by atoms with Crippen LogP contribution in [0.15, 0.2) is 12.1 Å². The smallest absolute Gasteiger partial charge is 0.194 e. The molecule has 0 radical (unpaired) electrons. The van der Waals surface area contributed by atoms with E-state index >= 15 is 0 Å². The van der Waals surface area contributed by atoms with Crippen LogP contribution in [0, 0.1) is 17.5 Å². The Bertz CT molecular complexity index is 403. The topological polar surface area (TPSA) is 15.3 Å². The van der Waals surface area contributed by atoms with Crippen LogP contribution >= 0.6 is 24.8 Å². The standard InChI is InChI=1S/C13H17F3N2.2ClH/c1-2-12(18-5-3-17-4-6-18)9-7-10(14)13(16)11(15)8-9;;/h7-8,12,17H,2-6H2,1H3;2*1H/t12-;;/m0../s1. The van der Waals surface area contributed by atoms with E-state index in [4.69, 9.17) is 0 Å². The average Bonchev–Trinajstić information content (AvgIpc) is 2.38. The Morgan fingerprint density at radius 2 is 1.60 bits per heavy atom. The van der Waals surface area contributed by atoms with Crippen molar-refractivity contribution < 1.29 is 13.2 Å². The molecule has 2 nitrogen and oxygen atoms in total. The molecule has 116 valence electrons. The molecule has 1 aliphatic heterocycles. The lowest BCUT2D eigenvalue weighted by atomic mass is 10.0. The highest BCUT2D eigenvalue weighted by atomic mass is 35.5. The van der Waals surface area contributed by atoms with Crippen molar-refractivity contribution >= 4 is 24.8 Å². The minimum Gasteiger partial charge on any atom is -0.314 e. The maximum absolute atomic E-state index is 13.3. The van der Waals surface area contributed by atoms with Crippen LogP contribution in [0.2, 0.25) is 0 Å². The number of piperazine rings is 1. The monoisotopic (exact) mass is 330 g/mol. The first-order valence-corrected chi connectivity index (χ1v) is 6.22. The maximum atomic E-state index is 13.3. The van der Waals surface area contributed by atoms with Gasteiger partial charge in [-0.05, 0) is 24.1 Å². The summed E-state index contributed by atoms with van der Waals surface area (Å²) in [4.78, 5) is 2.17. The lowest BCUT2D eigenvalue weighted by Crippen LogP contribution is -2.45. The van der Waals surface area contributed by atoms with Crippen molar-refractivity contribution in [2.75, 3.05) is 26.2 Å². The van der Waals surface area contributed by atoms with Crippen molar-refractivity contribution in [3.8, 4) is 0 Å². The van der Waals surface area contributed by atoms with E-state index in [0.29, 0.717) is 5.56 Å². The number of benzene rings is 1. The third kappa shape index (κ3) is 4.25. The van der Waals surface area contributed by atoms with Gasteiger partial charge in [-0.1, -0.05) is 6.92 Å². The van der Waals surface area contributed by atoms with Crippen molar-refractivity contribution in [2.45, 2.75) is 19.4 Å². The molecule has 1 atom stereocenters. The highest BCUT2D eigenvalue weighted by molar-refractivity contribution is 5.85. The van der Waals surface area contributed by atoms with Crippen LogP contribution in [-0.4, -0.2) is 31.1 Å². The first-order chi connectivity index (χ1) is 8.63. The molecule has 1 saturated heterocycles. The molecule has 0 spiro atoms. The number of hydrogen-bond donors (Lipinski definition) is 1. The van der Waals surface area contributed by atoms with Gasteiger partial charge in [0, 0.05) is 32.2 Å². The third-order valence-corrected chi connectivity index (χ3v) is 3.37. The van der Waals surface area contributed by atoms with Gasteiger partial charge in [0.15, 0.2) is 17.5 Å². The molecule has 0 bridgehead atoms. The predicted octanol–water partition coefficient (Wildman–Crippen LogP) is 3.30. The van der Waals surface area contributed by atoms with Gasteiger partial charge in [-0.3, -0.25) is 4.90 Å². The Kier molecular flexibility index (Phi) is 8.51. The van der Waals surface area contributed by atoms with E-state index < -0.39 is 17.5 Å². The highest BCUT2D eigenvalue weighted by Crippen LogP contribution is 2.27. The number of rotatable bonds is 3. The fourth-order valence-electron chi connectivity index (χ4n) is 2.47. The molecule has 1 aromatic rings. The van der Waals surface area contributed by atoms with Gasteiger partial charge >= 0.3 is 0 Å². The number of nitrogens with one attached hydrogen (secondary N) is 1. The lowest BCUT2D eigenvalue weighted by Gasteiger charge is -2.34. The van der Waals surface area contributed by atoms with Crippen molar-refractivity contribution in [3.05, 3.63) is 35.1 Å². The lowest BCUT2D eigenvalue weighted by molar-refractivity contribution is 0.168. The number of hydrogen-bond acceptors (Lipinski definition) is 2. The van der Waals surface area contributed by atoms with E-state index in [-0.39, 0.29) is 30.9 Å². The van der Waals surface area contributed by atoms with E-state index in [2.05, 4.69) is 10.2 Å². The molecule has 7 heteroatoms. The van der Waals surface area contributed by atoms with Crippen LogP contribution < -0.4 is 5.32 Å². The molecule has 1 fully saturated rings. The van der Waals surface area contributed by atoms with Gasteiger partial charge in [-0.15, -0.1) is 24.8 Å². The molecule has 0 amide bonds. The number of halogens is 5. The van der Waals surface area contributed by atoms with E-state index in [0.717, 1.165) is 44.7 Å². The van der Waals surface area contributed by atoms with Crippen molar-refractivity contribution in [1.29, 1.82) is 0 Å². The molecule has 1 aliphatic rings. The first-order valence-electron chi connectivity index (χ1n) is 6.22. The second-order valence-corrected chi connectivity index (χ2v) is 4.51. The molecule has 2 rings (SSSR count). The van der Waals surface area contributed by atoms with Gasteiger partial charge in [0.1, 0.15) is 0 Å². The van der Waals surface area contributed by atoms with E-state index in [9.17, 15) is 13.2 Å². The van der Waals surface area contributed by atoms with Crippen molar-refractivity contribution in [2.24, 2.45) is 0 Å². The SMILES string of the molecule is CC[C@@H](c1cc(F)c(F)c(F)c1)N1CCNCC1.Cl.Cl. The van der Waals surface area contributed by atoms with Gasteiger partial charge in [-0.25, -0.2) is 13.2 Å². The summed E-state index contributed by atoms with van der Waals surface area (Å²) >= 11 is 0. The molecule has 20 heavy (non-hydrogen) atoms. The van der Waals surface area contributed by atoms with Gasteiger partial charge in [-0.2, -0.15) is 0 Å². The summed E-state index contributed by atoms with van der Waals surface area (Å²) in [5.74, 6) is -3.62. The number of nitrogens with zero attached hydrogens (tertiary/aromatic N) is 1. The molecule has 1 aromatic carbocycles. The molecular formula is C13H19Cl2F3N2. The first kappa shape index (κ1) is 19.5. The second kappa shape index (κ2) is 8.72. The molecule has 0 unspecified atom stereocenters. The molecule has 0 saturated carbocycles. The average molecular weight is 331 g/mol. The summed E-state index contributed by atoms with van der Waals surface area (Å²) in [6.45, 7) is 5.36. The zero-order chi connectivity index (χ0) is 13.1. The predicted molar refractivity (Wildman–Crippen MR) is 78.3 cm³/mol. The summed E-state index contributed by atoms with van der Waals surface area (Å²) in [7, 11) is 0. The minimum absolute atomic E-state index is 0. The molecular weight excluding hydrogens is 312 g/mol. The Hall–Kier alpha value is -0.490. The molecule has 0 aliphatic carbocycles.